The first-order valence-corrected chi connectivity index (χ1v) is 4.77. The van der Waals surface area contributed by atoms with E-state index in [1.807, 2.05) is 13.8 Å². The number of benzene rings is 1. The number of aliphatic hydroxyl groups is 1. The molecule has 1 aromatic carbocycles. The van der Waals surface area contributed by atoms with Crippen LogP contribution in [0.1, 0.15) is 25.5 Å². The number of phenols is 2. The standard InChI is InChI=1S/C11H17NO3.ClH/c1-11(2,6-13)10(12)7-3-4-8(14)9(15)5-7;/h3-5,10,13-15H,6,12H2,1-2H3;1H/t10-;/m0./s1. The molecular formula is C11H18ClNO3. The molecule has 1 atom stereocenters. The van der Waals surface area contributed by atoms with Gasteiger partial charge in [-0.2, -0.15) is 0 Å². The Kier molecular flexibility index (Phi) is 5.06. The molecule has 0 aliphatic carbocycles. The Morgan fingerprint density at radius 3 is 2.25 bits per heavy atom. The van der Waals surface area contributed by atoms with Crippen molar-refractivity contribution in [2.24, 2.45) is 11.1 Å². The molecule has 0 aromatic heterocycles. The largest absolute Gasteiger partial charge is 0.504 e. The fourth-order valence-corrected chi connectivity index (χ4v) is 1.28. The molecule has 5 heteroatoms. The van der Waals surface area contributed by atoms with Crippen LogP contribution in [0.4, 0.5) is 0 Å². The van der Waals surface area contributed by atoms with Crippen molar-refractivity contribution >= 4 is 12.4 Å². The second-order valence-electron chi connectivity index (χ2n) is 4.37. The molecule has 1 rings (SSSR count). The summed E-state index contributed by atoms with van der Waals surface area (Å²) in [4.78, 5) is 0. The van der Waals surface area contributed by atoms with Gasteiger partial charge >= 0.3 is 0 Å². The van der Waals surface area contributed by atoms with Crippen LogP contribution in [-0.2, 0) is 0 Å². The molecule has 0 spiro atoms. The maximum atomic E-state index is 9.32. The summed E-state index contributed by atoms with van der Waals surface area (Å²) >= 11 is 0. The van der Waals surface area contributed by atoms with Gasteiger partial charge in [-0.3, -0.25) is 0 Å². The first-order valence-electron chi connectivity index (χ1n) is 4.77. The first kappa shape index (κ1) is 15.0. The van der Waals surface area contributed by atoms with Crippen LogP contribution in [0, 0.1) is 5.41 Å². The normalized spacial score (nSPS) is 13.0. The van der Waals surface area contributed by atoms with Crippen molar-refractivity contribution in [2.75, 3.05) is 6.61 Å². The quantitative estimate of drug-likeness (QED) is 0.611. The minimum Gasteiger partial charge on any atom is -0.504 e. The second-order valence-corrected chi connectivity index (χ2v) is 4.37. The zero-order valence-electron chi connectivity index (χ0n) is 9.34. The van der Waals surface area contributed by atoms with Crippen molar-refractivity contribution in [1.82, 2.24) is 0 Å². The average molecular weight is 248 g/mol. The van der Waals surface area contributed by atoms with E-state index in [9.17, 15) is 5.11 Å². The van der Waals surface area contributed by atoms with E-state index in [4.69, 9.17) is 15.9 Å². The highest BCUT2D eigenvalue weighted by Gasteiger charge is 2.27. The number of aliphatic hydroxyl groups excluding tert-OH is 1. The maximum absolute atomic E-state index is 9.32. The Morgan fingerprint density at radius 1 is 1.25 bits per heavy atom. The Hall–Kier alpha value is -0.970. The molecule has 4 nitrogen and oxygen atoms in total. The lowest BCUT2D eigenvalue weighted by Gasteiger charge is -2.29. The van der Waals surface area contributed by atoms with Gasteiger partial charge in [0.25, 0.3) is 0 Å². The average Bonchev–Trinajstić information content (AvgIpc) is 2.21. The van der Waals surface area contributed by atoms with E-state index in [2.05, 4.69) is 0 Å². The van der Waals surface area contributed by atoms with Gasteiger partial charge < -0.3 is 21.1 Å². The number of halogens is 1. The second kappa shape index (κ2) is 5.39. The van der Waals surface area contributed by atoms with Crippen LogP contribution in [0.5, 0.6) is 11.5 Å². The SMILES string of the molecule is CC(C)(CO)[C@@H](N)c1ccc(O)c(O)c1.Cl. The van der Waals surface area contributed by atoms with E-state index in [0.717, 1.165) is 0 Å². The predicted octanol–water partition coefficient (Wildman–Crippen LogP) is 1.54. The summed E-state index contributed by atoms with van der Waals surface area (Å²) in [5.74, 6) is -0.371. The van der Waals surface area contributed by atoms with Crippen LogP contribution in [0.25, 0.3) is 0 Å². The van der Waals surface area contributed by atoms with Crippen molar-refractivity contribution in [3.05, 3.63) is 23.8 Å². The fourth-order valence-electron chi connectivity index (χ4n) is 1.28. The third-order valence-electron chi connectivity index (χ3n) is 2.61. The van der Waals surface area contributed by atoms with Crippen molar-refractivity contribution in [3.8, 4) is 11.5 Å². The molecule has 0 saturated heterocycles. The highest BCUT2D eigenvalue weighted by Crippen LogP contribution is 2.34. The van der Waals surface area contributed by atoms with Gasteiger partial charge in [0.1, 0.15) is 0 Å². The summed E-state index contributed by atoms with van der Waals surface area (Å²) < 4.78 is 0. The van der Waals surface area contributed by atoms with E-state index in [-0.39, 0.29) is 30.5 Å². The van der Waals surface area contributed by atoms with E-state index >= 15 is 0 Å². The van der Waals surface area contributed by atoms with Crippen molar-refractivity contribution in [2.45, 2.75) is 19.9 Å². The summed E-state index contributed by atoms with van der Waals surface area (Å²) in [5.41, 5.74) is 6.17. The van der Waals surface area contributed by atoms with Crippen LogP contribution in [0.2, 0.25) is 0 Å². The zero-order valence-corrected chi connectivity index (χ0v) is 10.2. The molecular weight excluding hydrogens is 230 g/mol. The number of rotatable bonds is 3. The zero-order chi connectivity index (χ0) is 11.6. The molecule has 0 amide bonds. The minimum absolute atomic E-state index is 0. The summed E-state index contributed by atoms with van der Waals surface area (Å²) in [6, 6.07) is 4.04. The predicted molar refractivity (Wildman–Crippen MR) is 64.8 cm³/mol. The van der Waals surface area contributed by atoms with Gasteiger partial charge in [0.2, 0.25) is 0 Å². The van der Waals surface area contributed by atoms with Crippen LogP contribution in [0.15, 0.2) is 18.2 Å². The first-order chi connectivity index (χ1) is 6.88. The number of aromatic hydroxyl groups is 2. The lowest BCUT2D eigenvalue weighted by Crippen LogP contribution is -2.32. The number of hydrogen-bond donors (Lipinski definition) is 4. The van der Waals surface area contributed by atoms with Gasteiger partial charge in [-0.25, -0.2) is 0 Å². The van der Waals surface area contributed by atoms with Crippen LogP contribution >= 0.6 is 12.4 Å². The Balaban J connectivity index is 0.00000225. The number of phenolic OH excluding ortho intramolecular Hbond substituents is 2. The molecule has 0 aliphatic heterocycles. The van der Waals surface area contributed by atoms with Crippen LogP contribution in [0.3, 0.4) is 0 Å². The van der Waals surface area contributed by atoms with Gasteiger partial charge in [-0.15, -0.1) is 12.4 Å². The van der Waals surface area contributed by atoms with E-state index in [0.29, 0.717) is 5.56 Å². The minimum atomic E-state index is -0.469. The molecule has 1 aromatic rings. The van der Waals surface area contributed by atoms with Crippen molar-refractivity contribution in [3.63, 3.8) is 0 Å². The third-order valence-corrected chi connectivity index (χ3v) is 2.61. The molecule has 0 fully saturated rings. The van der Waals surface area contributed by atoms with E-state index in [1.54, 1.807) is 6.07 Å². The monoisotopic (exact) mass is 247 g/mol. The topological polar surface area (TPSA) is 86.7 Å². The molecule has 0 saturated carbocycles. The Bertz CT molecular complexity index is 355. The lowest BCUT2D eigenvalue weighted by molar-refractivity contribution is 0.132. The fraction of sp³-hybridized carbons (Fsp3) is 0.455. The Labute approximate surface area is 101 Å². The molecule has 92 valence electrons. The Morgan fingerprint density at radius 2 is 1.81 bits per heavy atom. The smallest absolute Gasteiger partial charge is 0.157 e. The van der Waals surface area contributed by atoms with Crippen molar-refractivity contribution < 1.29 is 15.3 Å². The lowest BCUT2D eigenvalue weighted by atomic mass is 9.82. The molecule has 0 heterocycles. The molecule has 0 bridgehead atoms. The molecule has 0 unspecified atom stereocenters. The molecule has 0 radical (unpaired) electrons. The van der Waals surface area contributed by atoms with Gasteiger partial charge in [0, 0.05) is 18.1 Å². The molecule has 16 heavy (non-hydrogen) atoms. The van der Waals surface area contributed by atoms with Crippen LogP contribution < -0.4 is 5.73 Å². The third kappa shape index (κ3) is 3.01. The summed E-state index contributed by atoms with van der Waals surface area (Å²) in [5, 5.41) is 27.6. The molecule has 0 aliphatic rings. The number of hydrogen-bond acceptors (Lipinski definition) is 4. The van der Waals surface area contributed by atoms with Gasteiger partial charge in [0.05, 0.1) is 0 Å². The summed E-state index contributed by atoms with van der Waals surface area (Å²) in [7, 11) is 0. The summed E-state index contributed by atoms with van der Waals surface area (Å²) in [6.07, 6.45) is 0. The van der Waals surface area contributed by atoms with E-state index < -0.39 is 11.5 Å². The highest BCUT2D eigenvalue weighted by atomic mass is 35.5. The number of nitrogens with two attached hydrogens (primary N) is 1. The van der Waals surface area contributed by atoms with Crippen molar-refractivity contribution in [1.29, 1.82) is 0 Å². The summed E-state index contributed by atoms with van der Waals surface area (Å²) in [6.45, 7) is 3.62. The molecule has 5 N–H and O–H groups in total. The van der Waals surface area contributed by atoms with Crippen LogP contribution in [-0.4, -0.2) is 21.9 Å². The van der Waals surface area contributed by atoms with Gasteiger partial charge in [0.15, 0.2) is 11.5 Å². The van der Waals surface area contributed by atoms with E-state index in [1.165, 1.54) is 12.1 Å². The van der Waals surface area contributed by atoms with Gasteiger partial charge in [-0.05, 0) is 17.7 Å². The maximum Gasteiger partial charge on any atom is 0.157 e. The van der Waals surface area contributed by atoms with Gasteiger partial charge in [-0.1, -0.05) is 19.9 Å². The highest BCUT2D eigenvalue weighted by molar-refractivity contribution is 5.85.